The molecule has 0 aliphatic heterocycles. The van der Waals surface area contributed by atoms with Crippen molar-refractivity contribution >= 4 is 18.0 Å². The molecule has 0 unspecified atom stereocenters. The molecule has 3 amide bonds. The first-order valence-electron chi connectivity index (χ1n) is 6.05. The summed E-state index contributed by atoms with van der Waals surface area (Å²) in [5.74, 6) is 0.161. The first kappa shape index (κ1) is 16.0. The van der Waals surface area contributed by atoms with Crippen LogP contribution < -0.4 is 20.5 Å². The molecule has 0 radical (unpaired) electrons. The second-order valence-corrected chi connectivity index (χ2v) is 3.83. The van der Waals surface area contributed by atoms with Gasteiger partial charge in [0.25, 0.3) is 5.91 Å². The second-order valence-electron chi connectivity index (χ2n) is 3.83. The van der Waals surface area contributed by atoms with Crippen LogP contribution in [0.2, 0.25) is 0 Å². The average Bonchev–Trinajstić information content (AvgIpc) is 2.44. The number of ether oxygens (including phenoxy) is 2. The van der Waals surface area contributed by atoms with Crippen LogP contribution in [0.3, 0.4) is 0 Å². The number of carbonyl (C=O) groups is 2. The van der Waals surface area contributed by atoms with Crippen molar-refractivity contribution in [1.82, 2.24) is 5.32 Å². The van der Waals surface area contributed by atoms with E-state index in [1.54, 1.807) is 24.3 Å². The average molecular weight is 289 g/mol. The lowest BCUT2D eigenvalue weighted by atomic mass is 10.1. The van der Waals surface area contributed by atoms with E-state index in [0.717, 1.165) is 0 Å². The number of nitriles is 1. The number of nitrogens with two attached hydrogens (primary N) is 1. The molecule has 1 aromatic rings. The fourth-order valence-electron chi connectivity index (χ4n) is 1.55. The summed E-state index contributed by atoms with van der Waals surface area (Å²) < 4.78 is 10.5. The van der Waals surface area contributed by atoms with E-state index in [4.69, 9.17) is 20.5 Å². The van der Waals surface area contributed by atoms with Crippen LogP contribution in [0.15, 0.2) is 23.8 Å². The lowest BCUT2D eigenvalue weighted by molar-refractivity contribution is -0.115. The molecular weight excluding hydrogens is 274 g/mol. The molecule has 0 heterocycles. The number of nitrogens with zero attached hydrogens (tertiary/aromatic N) is 1. The molecule has 0 aliphatic rings. The van der Waals surface area contributed by atoms with Gasteiger partial charge in [0.2, 0.25) is 0 Å². The number of rotatable bonds is 5. The van der Waals surface area contributed by atoms with Gasteiger partial charge in [0.05, 0.1) is 13.7 Å². The molecule has 0 bridgehead atoms. The van der Waals surface area contributed by atoms with Gasteiger partial charge >= 0.3 is 6.03 Å². The molecule has 1 aromatic carbocycles. The molecule has 7 heteroatoms. The van der Waals surface area contributed by atoms with Gasteiger partial charge in [-0.25, -0.2) is 4.79 Å². The molecule has 21 heavy (non-hydrogen) atoms. The molecule has 1 rings (SSSR count). The fourth-order valence-corrected chi connectivity index (χ4v) is 1.55. The Morgan fingerprint density at radius 2 is 2.14 bits per heavy atom. The van der Waals surface area contributed by atoms with Crippen molar-refractivity contribution < 1.29 is 19.1 Å². The number of hydrogen-bond donors (Lipinski definition) is 2. The van der Waals surface area contributed by atoms with Crippen molar-refractivity contribution in [3.05, 3.63) is 29.3 Å². The van der Waals surface area contributed by atoms with E-state index in [1.165, 1.54) is 13.2 Å². The zero-order chi connectivity index (χ0) is 15.8. The summed E-state index contributed by atoms with van der Waals surface area (Å²) in [7, 11) is 1.51. The minimum Gasteiger partial charge on any atom is -0.493 e. The van der Waals surface area contributed by atoms with Crippen LogP contribution in [0.5, 0.6) is 11.5 Å². The van der Waals surface area contributed by atoms with E-state index in [9.17, 15) is 9.59 Å². The summed E-state index contributed by atoms with van der Waals surface area (Å²) in [6, 6.07) is 5.60. The Labute approximate surface area is 121 Å². The summed E-state index contributed by atoms with van der Waals surface area (Å²) in [6.07, 6.45) is 1.32. The van der Waals surface area contributed by atoms with E-state index >= 15 is 0 Å². The maximum absolute atomic E-state index is 11.6. The quantitative estimate of drug-likeness (QED) is 0.624. The van der Waals surface area contributed by atoms with Crippen molar-refractivity contribution in [1.29, 1.82) is 5.26 Å². The van der Waals surface area contributed by atoms with Gasteiger partial charge in [0.1, 0.15) is 11.6 Å². The summed E-state index contributed by atoms with van der Waals surface area (Å²) in [5.41, 5.74) is 5.14. The number of methoxy groups -OCH3 is 1. The van der Waals surface area contributed by atoms with Gasteiger partial charge in [-0.1, -0.05) is 6.07 Å². The van der Waals surface area contributed by atoms with Gasteiger partial charge in [0.15, 0.2) is 11.5 Å². The van der Waals surface area contributed by atoms with E-state index in [1.807, 2.05) is 12.2 Å². The molecule has 0 saturated heterocycles. The number of hydrogen-bond acceptors (Lipinski definition) is 5. The molecule has 0 fully saturated rings. The van der Waals surface area contributed by atoms with Gasteiger partial charge in [0, 0.05) is 0 Å². The fraction of sp³-hybridized carbons (Fsp3) is 0.214. The topological polar surface area (TPSA) is 114 Å². The number of carbonyl (C=O) groups excluding carboxylic acids is 2. The molecule has 0 atom stereocenters. The van der Waals surface area contributed by atoms with Crippen LogP contribution in [0, 0.1) is 11.3 Å². The molecule has 110 valence electrons. The van der Waals surface area contributed by atoms with Gasteiger partial charge in [-0.2, -0.15) is 5.26 Å². The Morgan fingerprint density at radius 3 is 2.67 bits per heavy atom. The molecule has 0 aliphatic carbocycles. The zero-order valence-corrected chi connectivity index (χ0v) is 11.7. The number of amides is 3. The first-order chi connectivity index (χ1) is 10.0. The standard InChI is InChI=1S/C14H15N3O4/c1-3-21-12-7-9(4-5-11(12)20-2)6-10(8-15)13(18)17-14(16)19/h4-7H,3H2,1-2H3,(H3,16,17,18,19)/b10-6-. The third kappa shape index (κ3) is 4.54. The van der Waals surface area contributed by atoms with Crippen molar-refractivity contribution in [2.24, 2.45) is 5.73 Å². The summed E-state index contributed by atoms with van der Waals surface area (Å²) in [4.78, 5) is 22.2. The van der Waals surface area contributed by atoms with E-state index < -0.39 is 11.9 Å². The van der Waals surface area contributed by atoms with Crippen molar-refractivity contribution in [2.45, 2.75) is 6.92 Å². The van der Waals surface area contributed by atoms with Gasteiger partial charge in [-0.3, -0.25) is 10.1 Å². The maximum atomic E-state index is 11.6. The van der Waals surface area contributed by atoms with Crippen LogP contribution in [-0.2, 0) is 4.79 Å². The lowest BCUT2D eigenvalue weighted by Crippen LogP contribution is -2.35. The van der Waals surface area contributed by atoms with Crippen molar-refractivity contribution in [3.8, 4) is 17.6 Å². The number of benzene rings is 1. The van der Waals surface area contributed by atoms with Gasteiger partial charge in [-0.15, -0.1) is 0 Å². The second kappa shape index (κ2) is 7.55. The Morgan fingerprint density at radius 1 is 1.43 bits per heavy atom. The minimum atomic E-state index is -1.02. The van der Waals surface area contributed by atoms with E-state index in [0.29, 0.717) is 23.7 Å². The van der Waals surface area contributed by atoms with Crippen LogP contribution >= 0.6 is 0 Å². The molecule has 0 saturated carbocycles. The predicted molar refractivity (Wildman–Crippen MR) is 75.5 cm³/mol. The summed E-state index contributed by atoms with van der Waals surface area (Å²) in [6.45, 7) is 2.26. The van der Waals surface area contributed by atoms with Crippen LogP contribution in [0.4, 0.5) is 4.79 Å². The molecule has 0 spiro atoms. The monoisotopic (exact) mass is 289 g/mol. The van der Waals surface area contributed by atoms with E-state index in [-0.39, 0.29) is 5.57 Å². The summed E-state index contributed by atoms with van der Waals surface area (Å²) >= 11 is 0. The van der Waals surface area contributed by atoms with Crippen LogP contribution in [0.25, 0.3) is 6.08 Å². The number of nitrogens with one attached hydrogen (secondary N) is 1. The molecular formula is C14H15N3O4. The highest BCUT2D eigenvalue weighted by Crippen LogP contribution is 2.28. The Bertz CT molecular complexity index is 617. The number of imide groups is 1. The third-order valence-electron chi connectivity index (χ3n) is 2.40. The van der Waals surface area contributed by atoms with Gasteiger partial charge in [-0.05, 0) is 30.7 Å². The number of primary amides is 1. The predicted octanol–water partition coefficient (Wildman–Crippen LogP) is 1.20. The Kier molecular flexibility index (Phi) is 5.77. The Balaban J connectivity index is 3.11. The molecule has 7 nitrogen and oxygen atoms in total. The maximum Gasteiger partial charge on any atom is 0.319 e. The van der Waals surface area contributed by atoms with Crippen LogP contribution in [-0.4, -0.2) is 25.7 Å². The smallest absolute Gasteiger partial charge is 0.319 e. The van der Waals surface area contributed by atoms with E-state index in [2.05, 4.69) is 0 Å². The highest BCUT2D eigenvalue weighted by atomic mass is 16.5. The summed E-state index contributed by atoms with van der Waals surface area (Å²) in [5, 5.41) is 10.8. The largest absolute Gasteiger partial charge is 0.493 e. The van der Waals surface area contributed by atoms with Crippen molar-refractivity contribution in [2.75, 3.05) is 13.7 Å². The minimum absolute atomic E-state index is 0.249. The number of urea groups is 1. The molecule has 3 N–H and O–H groups in total. The van der Waals surface area contributed by atoms with Crippen LogP contribution in [0.1, 0.15) is 12.5 Å². The SMILES string of the molecule is CCOc1cc(/C=C(/C#N)C(=O)NC(N)=O)ccc1OC. The lowest BCUT2D eigenvalue weighted by Gasteiger charge is -2.09. The highest BCUT2D eigenvalue weighted by Gasteiger charge is 2.12. The normalized spacial score (nSPS) is 10.4. The highest BCUT2D eigenvalue weighted by molar-refractivity contribution is 6.08. The van der Waals surface area contributed by atoms with Crippen molar-refractivity contribution in [3.63, 3.8) is 0 Å². The first-order valence-corrected chi connectivity index (χ1v) is 6.05. The Hall–Kier alpha value is -3.01. The third-order valence-corrected chi connectivity index (χ3v) is 2.40. The van der Waals surface area contributed by atoms with Gasteiger partial charge < -0.3 is 15.2 Å². The molecule has 0 aromatic heterocycles. The zero-order valence-electron chi connectivity index (χ0n) is 11.7.